The van der Waals surface area contributed by atoms with Crippen LogP contribution in [-0.2, 0) is 9.09 Å². The van der Waals surface area contributed by atoms with Gasteiger partial charge in [0.1, 0.15) is 0 Å². The summed E-state index contributed by atoms with van der Waals surface area (Å²) in [6, 6.07) is 12.8. The number of phosphoric acid groups is 1. The van der Waals surface area contributed by atoms with Crippen molar-refractivity contribution in [3.8, 4) is 0 Å². The molecule has 1 aliphatic carbocycles. The molecule has 3 rings (SSSR count). The Labute approximate surface area is 159 Å². The van der Waals surface area contributed by atoms with Gasteiger partial charge in [-0.1, -0.05) is 62.4 Å². The van der Waals surface area contributed by atoms with Crippen LogP contribution in [0.3, 0.4) is 0 Å². The van der Waals surface area contributed by atoms with E-state index in [2.05, 4.69) is 5.32 Å². The Morgan fingerprint density at radius 3 is 2.52 bits per heavy atom. The molecule has 0 aromatic heterocycles. The molecular formula is C20H26NO5P. The van der Waals surface area contributed by atoms with E-state index in [9.17, 15) is 9.36 Å². The van der Waals surface area contributed by atoms with E-state index in [1.54, 1.807) is 6.07 Å². The lowest BCUT2D eigenvalue weighted by atomic mass is 9.85. The van der Waals surface area contributed by atoms with Gasteiger partial charge < -0.3 is 15.1 Å². The number of benzene rings is 2. The Morgan fingerprint density at radius 1 is 1.11 bits per heavy atom. The molecule has 1 amide bonds. The van der Waals surface area contributed by atoms with Gasteiger partial charge in [0.25, 0.3) is 5.91 Å². The van der Waals surface area contributed by atoms with Crippen molar-refractivity contribution in [3.63, 3.8) is 0 Å². The van der Waals surface area contributed by atoms with E-state index in [0.717, 1.165) is 36.5 Å². The first-order valence-corrected chi connectivity index (χ1v) is 10.9. The predicted molar refractivity (Wildman–Crippen MR) is 104 cm³/mol. The van der Waals surface area contributed by atoms with Crippen LogP contribution < -0.4 is 5.32 Å². The van der Waals surface area contributed by atoms with E-state index in [4.69, 9.17) is 14.3 Å². The summed E-state index contributed by atoms with van der Waals surface area (Å²) >= 11 is 0. The number of carbonyl (C=O) groups is 1. The lowest BCUT2D eigenvalue weighted by molar-refractivity contribution is 0.0892. The Hall–Kier alpha value is -1.72. The molecule has 7 heteroatoms. The highest BCUT2D eigenvalue weighted by atomic mass is 31.2. The second-order valence-electron chi connectivity index (χ2n) is 7.26. The first-order valence-electron chi connectivity index (χ1n) is 9.40. The van der Waals surface area contributed by atoms with Gasteiger partial charge in [0, 0.05) is 5.56 Å². The minimum absolute atomic E-state index is 0.194. The van der Waals surface area contributed by atoms with Crippen LogP contribution in [0.15, 0.2) is 42.5 Å². The third-order valence-corrected chi connectivity index (χ3v) is 5.62. The van der Waals surface area contributed by atoms with Crippen molar-refractivity contribution in [1.82, 2.24) is 5.32 Å². The fraction of sp³-hybridized carbons (Fsp3) is 0.450. The number of hydrogen-bond donors (Lipinski definition) is 3. The fourth-order valence-electron chi connectivity index (χ4n) is 3.78. The second-order valence-corrected chi connectivity index (χ2v) is 8.50. The Bertz CT molecular complexity index is 828. The normalized spacial score (nSPS) is 17.0. The van der Waals surface area contributed by atoms with E-state index in [1.165, 1.54) is 6.42 Å². The predicted octanol–water partition coefficient (Wildman–Crippen LogP) is 4.02. The van der Waals surface area contributed by atoms with Crippen molar-refractivity contribution in [2.24, 2.45) is 5.92 Å². The average Bonchev–Trinajstić information content (AvgIpc) is 2.66. The van der Waals surface area contributed by atoms with Crippen LogP contribution in [0.25, 0.3) is 10.8 Å². The SMILES string of the molecule is O=C(N[C@@H](COP(=O)(O)O)CC1CCCCC1)c1ccc2ccccc2c1. The number of phosphoric ester groups is 1. The molecule has 0 unspecified atom stereocenters. The summed E-state index contributed by atoms with van der Waals surface area (Å²) in [7, 11) is -4.57. The zero-order chi connectivity index (χ0) is 19.3. The van der Waals surface area contributed by atoms with E-state index < -0.39 is 13.9 Å². The van der Waals surface area contributed by atoms with Crippen LogP contribution in [0.5, 0.6) is 0 Å². The maximum Gasteiger partial charge on any atom is 0.469 e. The molecule has 1 aliphatic rings. The van der Waals surface area contributed by atoms with E-state index in [-0.39, 0.29) is 12.5 Å². The molecule has 27 heavy (non-hydrogen) atoms. The smallest absolute Gasteiger partial charge is 0.347 e. The molecule has 0 radical (unpaired) electrons. The highest BCUT2D eigenvalue weighted by molar-refractivity contribution is 7.46. The lowest BCUT2D eigenvalue weighted by Gasteiger charge is -2.27. The molecule has 0 aliphatic heterocycles. The lowest BCUT2D eigenvalue weighted by Crippen LogP contribution is -2.39. The molecule has 2 aromatic carbocycles. The molecule has 2 aromatic rings. The Kier molecular flexibility index (Phi) is 6.66. The van der Waals surface area contributed by atoms with Crippen molar-refractivity contribution in [3.05, 3.63) is 48.0 Å². The molecule has 1 saturated carbocycles. The number of carbonyl (C=O) groups excluding carboxylic acids is 1. The number of fused-ring (bicyclic) bond motifs is 1. The van der Waals surface area contributed by atoms with Gasteiger partial charge in [0.05, 0.1) is 12.6 Å². The van der Waals surface area contributed by atoms with Crippen molar-refractivity contribution >= 4 is 24.5 Å². The molecule has 0 spiro atoms. The third kappa shape index (κ3) is 6.15. The van der Waals surface area contributed by atoms with E-state index in [1.807, 2.05) is 36.4 Å². The second kappa shape index (κ2) is 8.98. The molecule has 146 valence electrons. The van der Waals surface area contributed by atoms with Crippen molar-refractivity contribution in [2.75, 3.05) is 6.61 Å². The van der Waals surface area contributed by atoms with Crippen LogP contribution in [0.1, 0.15) is 48.9 Å². The molecule has 1 atom stereocenters. The summed E-state index contributed by atoms with van der Waals surface area (Å²) in [5.74, 6) is 0.192. The highest BCUT2D eigenvalue weighted by Crippen LogP contribution is 2.36. The van der Waals surface area contributed by atoms with Gasteiger partial charge in [0.2, 0.25) is 0 Å². The van der Waals surface area contributed by atoms with Gasteiger partial charge in [-0.3, -0.25) is 9.32 Å². The average molecular weight is 391 g/mol. The monoisotopic (exact) mass is 391 g/mol. The summed E-state index contributed by atoms with van der Waals surface area (Å²) in [5, 5.41) is 4.94. The fourth-order valence-corrected chi connectivity index (χ4v) is 4.15. The zero-order valence-electron chi connectivity index (χ0n) is 15.2. The maximum absolute atomic E-state index is 12.7. The van der Waals surface area contributed by atoms with Gasteiger partial charge in [-0.2, -0.15) is 0 Å². The van der Waals surface area contributed by atoms with Crippen molar-refractivity contribution in [1.29, 1.82) is 0 Å². The highest BCUT2D eigenvalue weighted by Gasteiger charge is 2.24. The topological polar surface area (TPSA) is 95.9 Å². The van der Waals surface area contributed by atoms with Crippen LogP contribution in [-0.4, -0.2) is 28.3 Å². The summed E-state index contributed by atoms with van der Waals surface area (Å²) in [6.07, 6.45) is 6.38. The van der Waals surface area contributed by atoms with Crippen LogP contribution >= 0.6 is 7.82 Å². The minimum atomic E-state index is -4.57. The standard InChI is InChI=1S/C20H26NO5P/c22-20(18-11-10-16-8-4-5-9-17(16)13-18)21-19(14-26-27(23,24)25)12-15-6-2-1-3-7-15/h4-5,8-11,13,15,19H,1-3,6-7,12,14H2,(H,21,22)(H2,23,24,25)/t19-/m1/s1. The summed E-state index contributed by atoms with van der Waals surface area (Å²) < 4.78 is 15.8. The maximum atomic E-state index is 12.7. The Balaban J connectivity index is 1.69. The molecule has 0 saturated heterocycles. The number of hydrogen-bond acceptors (Lipinski definition) is 3. The first kappa shape index (κ1) is 20.0. The van der Waals surface area contributed by atoms with Crippen LogP contribution in [0, 0.1) is 5.92 Å². The van der Waals surface area contributed by atoms with Crippen molar-refractivity contribution < 1.29 is 23.7 Å². The third-order valence-electron chi connectivity index (χ3n) is 5.13. The van der Waals surface area contributed by atoms with Gasteiger partial charge in [-0.25, -0.2) is 4.57 Å². The summed E-state index contributed by atoms with van der Waals surface area (Å²) in [5.41, 5.74) is 0.526. The number of amides is 1. The van der Waals surface area contributed by atoms with Gasteiger partial charge >= 0.3 is 7.82 Å². The summed E-state index contributed by atoms with van der Waals surface area (Å²) in [4.78, 5) is 30.7. The van der Waals surface area contributed by atoms with Gasteiger partial charge in [0.15, 0.2) is 0 Å². The van der Waals surface area contributed by atoms with Gasteiger partial charge in [-0.15, -0.1) is 0 Å². The molecule has 0 heterocycles. The van der Waals surface area contributed by atoms with Crippen LogP contribution in [0.4, 0.5) is 0 Å². The molecular weight excluding hydrogens is 365 g/mol. The van der Waals surface area contributed by atoms with Crippen molar-refractivity contribution in [2.45, 2.75) is 44.6 Å². The molecule has 3 N–H and O–H groups in total. The van der Waals surface area contributed by atoms with Crippen LogP contribution in [0.2, 0.25) is 0 Å². The quantitative estimate of drug-likeness (QED) is 0.620. The number of nitrogens with one attached hydrogen (secondary N) is 1. The largest absolute Gasteiger partial charge is 0.469 e. The van der Waals surface area contributed by atoms with E-state index >= 15 is 0 Å². The van der Waals surface area contributed by atoms with E-state index in [0.29, 0.717) is 17.9 Å². The summed E-state index contributed by atoms with van der Waals surface area (Å²) in [6.45, 7) is -0.194. The minimum Gasteiger partial charge on any atom is -0.347 e. The first-order chi connectivity index (χ1) is 12.9. The zero-order valence-corrected chi connectivity index (χ0v) is 16.1. The molecule has 0 bridgehead atoms. The molecule has 6 nitrogen and oxygen atoms in total. The molecule has 1 fully saturated rings. The van der Waals surface area contributed by atoms with Gasteiger partial charge in [-0.05, 0) is 35.2 Å². The Morgan fingerprint density at radius 2 is 1.81 bits per heavy atom. The number of rotatable bonds is 7.